The molecule has 0 aliphatic carbocycles. The summed E-state index contributed by atoms with van der Waals surface area (Å²) in [6.07, 6.45) is 0. The molecule has 2 rings (SSSR count). The minimum absolute atomic E-state index is 0. The van der Waals surface area contributed by atoms with Crippen LogP contribution in [0.1, 0.15) is 27.8 Å². The fraction of sp³-hybridized carbons (Fsp3) is 0.364. The second kappa shape index (κ2) is 4.13. The summed E-state index contributed by atoms with van der Waals surface area (Å²) in [6.45, 7) is 8.03. The highest BCUT2D eigenvalue weighted by atomic mass is 16.1. The van der Waals surface area contributed by atoms with Crippen molar-refractivity contribution in [1.82, 2.24) is 9.97 Å². The smallest absolute Gasteiger partial charge is 0.306 e. The first-order valence-corrected chi connectivity index (χ1v) is 4.86. The van der Waals surface area contributed by atoms with Gasteiger partial charge in [0.1, 0.15) is 0 Å². The van der Waals surface area contributed by atoms with Crippen molar-refractivity contribution in [3.8, 4) is 0 Å². The number of aromatic amines is 2. The normalized spacial score (nSPS) is 9.71. The first-order valence-electron chi connectivity index (χ1n) is 4.86. The van der Waals surface area contributed by atoms with Gasteiger partial charge in [-0.05, 0) is 31.0 Å². The average Bonchev–Trinajstić information content (AvgIpc) is 2.57. The van der Waals surface area contributed by atoms with E-state index in [1.165, 1.54) is 5.56 Å². The molecule has 0 spiro atoms. The van der Waals surface area contributed by atoms with Crippen LogP contribution in [0.25, 0.3) is 11.0 Å². The molecule has 0 radical (unpaired) electrons. The fourth-order valence-electron chi connectivity index (χ4n) is 1.35. The number of benzene rings is 1. The van der Waals surface area contributed by atoms with Crippen molar-refractivity contribution < 1.29 is 2.85 Å². The van der Waals surface area contributed by atoms with Crippen LogP contribution in [0.2, 0.25) is 0 Å². The third-order valence-corrected chi connectivity index (χ3v) is 2.22. The minimum Gasteiger partial charge on any atom is -0.306 e. The van der Waals surface area contributed by atoms with Crippen LogP contribution >= 0.6 is 0 Å². The predicted octanol–water partition coefficient (Wildman–Crippen LogP) is 2.99. The molecule has 0 aliphatic heterocycles. The molecule has 1 heterocycles. The van der Waals surface area contributed by atoms with Crippen molar-refractivity contribution in [3.63, 3.8) is 0 Å². The molecular formula is C11H20N2O. The van der Waals surface area contributed by atoms with Gasteiger partial charge in [0.25, 0.3) is 0 Å². The zero-order valence-electron chi connectivity index (χ0n) is 9.06. The fourth-order valence-corrected chi connectivity index (χ4v) is 1.35. The predicted molar refractivity (Wildman–Crippen MR) is 64.0 cm³/mol. The average molecular weight is 196 g/mol. The van der Waals surface area contributed by atoms with E-state index in [9.17, 15) is 4.79 Å². The van der Waals surface area contributed by atoms with E-state index in [1.54, 1.807) is 0 Å². The molecule has 0 saturated carbocycles. The van der Waals surface area contributed by atoms with Crippen LogP contribution in [0.5, 0.6) is 0 Å². The molecule has 3 heteroatoms. The van der Waals surface area contributed by atoms with Crippen molar-refractivity contribution in [2.45, 2.75) is 27.7 Å². The quantitative estimate of drug-likeness (QED) is 0.668. The molecule has 2 aromatic rings. The summed E-state index contributed by atoms with van der Waals surface area (Å²) >= 11 is 0. The highest BCUT2D eigenvalue weighted by Crippen LogP contribution is 2.15. The van der Waals surface area contributed by atoms with Gasteiger partial charge in [-0.25, -0.2) is 4.79 Å². The Morgan fingerprint density at radius 1 is 1.14 bits per heavy atom. The number of aryl methyl sites for hydroxylation is 2. The standard InChI is InChI=1S/C9H10N2O.C2H6.2H2/c1-5-3-4-7-8(6(5)2)11-9(12)10-7;1-2;;/h3-4H,1-2H3,(H2,10,11,12);1-2H3;2*1H. The van der Waals surface area contributed by atoms with Gasteiger partial charge in [-0.15, -0.1) is 0 Å². The highest BCUT2D eigenvalue weighted by Gasteiger charge is 2.01. The van der Waals surface area contributed by atoms with Crippen molar-refractivity contribution >= 4 is 11.0 Å². The molecule has 0 bridgehead atoms. The van der Waals surface area contributed by atoms with Crippen molar-refractivity contribution in [1.29, 1.82) is 0 Å². The van der Waals surface area contributed by atoms with Crippen LogP contribution in [-0.2, 0) is 0 Å². The summed E-state index contributed by atoms with van der Waals surface area (Å²) in [7, 11) is 0. The Labute approximate surface area is 86.1 Å². The Balaban J connectivity index is 0. The van der Waals surface area contributed by atoms with Gasteiger partial charge >= 0.3 is 5.69 Å². The maximum Gasteiger partial charge on any atom is 0.323 e. The first-order chi connectivity index (χ1) is 6.68. The van der Waals surface area contributed by atoms with Crippen LogP contribution in [0, 0.1) is 13.8 Å². The Morgan fingerprint density at radius 3 is 2.43 bits per heavy atom. The number of hydrogen-bond donors (Lipinski definition) is 2. The Kier molecular flexibility index (Phi) is 3.12. The SMILES string of the molecule is CC.Cc1ccc2[nH]c(=O)[nH]c2c1C.[HH].[HH]. The largest absolute Gasteiger partial charge is 0.323 e. The second-order valence-corrected chi connectivity index (χ2v) is 3.01. The summed E-state index contributed by atoms with van der Waals surface area (Å²) in [5.74, 6) is 0. The lowest BCUT2D eigenvalue weighted by Crippen LogP contribution is -1.99. The molecule has 1 aromatic carbocycles. The zero-order valence-corrected chi connectivity index (χ0v) is 9.06. The summed E-state index contributed by atoms with van der Waals surface area (Å²) in [6, 6.07) is 3.91. The Bertz CT molecular complexity index is 488. The monoisotopic (exact) mass is 196 g/mol. The maximum atomic E-state index is 10.9. The number of nitrogens with one attached hydrogen (secondary N) is 2. The van der Waals surface area contributed by atoms with Gasteiger partial charge in [0.2, 0.25) is 0 Å². The van der Waals surface area contributed by atoms with E-state index < -0.39 is 0 Å². The lowest BCUT2D eigenvalue weighted by Gasteiger charge is -1.98. The topological polar surface area (TPSA) is 48.6 Å². The van der Waals surface area contributed by atoms with Crippen LogP contribution in [0.15, 0.2) is 16.9 Å². The summed E-state index contributed by atoms with van der Waals surface area (Å²) in [4.78, 5) is 16.4. The van der Waals surface area contributed by atoms with E-state index >= 15 is 0 Å². The molecule has 0 aliphatic rings. The zero-order chi connectivity index (χ0) is 10.7. The van der Waals surface area contributed by atoms with E-state index in [0.717, 1.165) is 16.6 Å². The van der Waals surface area contributed by atoms with Crippen LogP contribution in [-0.4, -0.2) is 9.97 Å². The van der Waals surface area contributed by atoms with E-state index in [2.05, 4.69) is 9.97 Å². The molecule has 0 unspecified atom stereocenters. The molecular weight excluding hydrogens is 176 g/mol. The number of H-pyrrole nitrogens is 2. The number of rotatable bonds is 0. The van der Waals surface area contributed by atoms with Crippen LogP contribution < -0.4 is 5.69 Å². The molecule has 3 nitrogen and oxygen atoms in total. The molecule has 2 N–H and O–H groups in total. The lowest BCUT2D eigenvalue weighted by atomic mass is 10.1. The van der Waals surface area contributed by atoms with Gasteiger partial charge in [-0.3, -0.25) is 0 Å². The molecule has 0 saturated heterocycles. The minimum atomic E-state index is -0.140. The number of fused-ring (bicyclic) bond motifs is 1. The van der Waals surface area contributed by atoms with Gasteiger partial charge in [-0.1, -0.05) is 19.9 Å². The van der Waals surface area contributed by atoms with E-state index in [4.69, 9.17) is 0 Å². The molecule has 0 amide bonds. The maximum absolute atomic E-state index is 10.9. The number of aromatic nitrogens is 2. The second-order valence-electron chi connectivity index (χ2n) is 3.01. The van der Waals surface area contributed by atoms with Gasteiger partial charge in [-0.2, -0.15) is 0 Å². The molecule has 0 atom stereocenters. The van der Waals surface area contributed by atoms with Crippen LogP contribution in [0.3, 0.4) is 0 Å². The number of imidazole rings is 1. The van der Waals surface area contributed by atoms with E-state index in [1.807, 2.05) is 39.8 Å². The van der Waals surface area contributed by atoms with Crippen molar-refractivity contribution in [3.05, 3.63) is 33.7 Å². The lowest BCUT2D eigenvalue weighted by molar-refractivity contribution is 1.21. The van der Waals surface area contributed by atoms with E-state index in [0.29, 0.717) is 0 Å². The molecule has 1 aromatic heterocycles. The summed E-state index contributed by atoms with van der Waals surface area (Å²) < 4.78 is 0. The summed E-state index contributed by atoms with van der Waals surface area (Å²) in [5, 5.41) is 0. The summed E-state index contributed by atoms with van der Waals surface area (Å²) in [5.41, 5.74) is 3.98. The highest BCUT2D eigenvalue weighted by molar-refractivity contribution is 5.79. The number of hydrogen-bond acceptors (Lipinski definition) is 1. The van der Waals surface area contributed by atoms with Gasteiger partial charge in [0, 0.05) is 2.85 Å². The molecule has 14 heavy (non-hydrogen) atoms. The molecule has 80 valence electrons. The van der Waals surface area contributed by atoms with Gasteiger partial charge in [0.15, 0.2) is 0 Å². The van der Waals surface area contributed by atoms with Crippen molar-refractivity contribution in [2.75, 3.05) is 0 Å². The third-order valence-electron chi connectivity index (χ3n) is 2.22. The first kappa shape index (κ1) is 10.6. The van der Waals surface area contributed by atoms with Crippen LogP contribution in [0.4, 0.5) is 0 Å². The third kappa shape index (κ3) is 1.71. The molecule has 0 fully saturated rings. The van der Waals surface area contributed by atoms with E-state index in [-0.39, 0.29) is 8.54 Å². The van der Waals surface area contributed by atoms with Gasteiger partial charge < -0.3 is 9.97 Å². The van der Waals surface area contributed by atoms with Crippen molar-refractivity contribution in [2.24, 2.45) is 0 Å². The Hall–Kier alpha value is -1.51. The Morgan fingerprint density at radius 2 is 1.79 bits per heavy atom. The van der Waals surface area contributed by atoms with Gasteiger partial charge in [0.05, 0.1) is 11.0 Å².